The van der Waals surface area contributed by atoms with Gasteiger partial charge in [-0.2, -0.15) is 0 Å². The summed E-state index contributed by atoms with van der Waals surface area (Å²) < 4.78 is 1.74. The van der Waals surface area contributed by atoms with Crippen molar-refractivity contribution in [1.82, 2.24) is 4.57 Å². The zero-order valence-corrected chi connectivity index (χ0v) is 11.4. The minimum atomic E-state index is -0.224. The van der Waals surface area contributed by atoms with Gasteiger partial charge in [0.1, 0.15) is 0 Å². The van der Waals surface area contributed by atoms with Crippen molar-refractivity contribution in [3.05, 3.63) is 30.5 Å². The quantitative estimate of drug-likeness (QED) is 0.679. The molecule has 2 aromatic rings. The number of carbonyl (C=O) groups excluding carboxylic acids is 1. The molecule has 4 heteroatoms. The Morgan fingerprint density at radius 2 is 2.05 bits per heavy atom. The van der Waals surface area contributed by atoms with Crippen LogP contribution in [0.25, 0.3) is 10.8 Å². The number of benzene rings is 1. The number of hydrogen-bond acceptors (Lipinski definition) is 3. The Kier molecular flexibility index (Phi) is 3.45. The average molecular weight is 258 g/mol. The Labute approximate surface area is 112 Å². The molecule has 0 aliphatic rings. The van der Waals surface area contributed by atoms with Crippen molar-refractivity contribution in [1.29, 1.82) is 0 Å². The van der Waals surface area contributed by atoms with Crippen LogP contribution in [0.15, 0.2) is 35.5 Å². The molecule has 0 spiro atoms. The van der Waals surface area contributed by atoms with E-state index in [1.54, 1.807) is 10.6 Å². The first-order valence-corrected chi connectivity index (χ1v) is 6.27. The van der Waals surface area contributed by atoms with Gasteiger partial charge in [0, 0.05) is 23.5 Å². The van der Waals surface area contributed by atoms with E-state index in [0.717, 1.165) is 10.8 Å². The third-order valence-corrected chi connectivity index (χ3v) is 3.35. The molecule has 2 rings (SSSR count). The minimum Gasteiger partial charge on any atom is -0.494 e. The lowest BCUT2D eigenvalue weighted by molar-refractivity contribution is 0.282. The first-order chi connectivity index (χ1) is 8.93. The van der Waals surface area contributed by atoms with Crippen molar-refractivity contribution in [2.75, 3.05) is 0 Å². The second kappa shape index (κ2) is 4.90. The van der Waals surface area contributed by atoms with Crippen LogP contribution in [0, 0.1) is 5.41 Å². The standard InChI is InChI=1S/C15H18N2O2/c1-15(2,3)13(16-10-18)9-17-8-11-6-4-5-7-12(11)14(17)19/h4-8,13,19H,9H2,1-3H3/t13-/m1/s1. The Balaban J connectivity index is 2.39. The van der Waals surface area contributed by atoms with Crippen molar-refractivity contribution in [3.63, 3.8) is 0 Å². The summed E-state index contributed by atoms with van der Waals surface area (Å²) in [5.41, 5.74) is -0.166. The van der Waals surface area contributed by atoms with Gasteiger partial charge in [-0.05, 0) is 11.5 Å². The van der Waals surface area contributed by atoms with E-state index in [9.17, 15) is 9.90 Å². The number of fused-ring (bicyclic) bond motifs is 1. The fourth-order valence-electron chi connectivity index (χ4n) is 2.09. The molecule has 0 saturated heterocycles. The van der Waals surface area contributed by atoms with Gasteiger partial charge in [0.05, 0.1) is 6.04 Å². The van der Waals surface area contributed by atoms with Gasteiger partial charge in [-0.25, -0.2) is 9.79 Å². The average Bonchev–Trinajstić information content (AvgIpc) is 2.65. The topological polar surface area (TPSA) is 54.6 Å². The molecule has 1 aromatic heterocycles. The van der Waals surface area contributed by atoms with E-state index >= 15 is 0 Å². The van der Waals surface area contributed by atoms with E-state index < -0.39 is 0 Å². The number of aliphatic imine (C=N–C) groups is 1. The summed E-state index contributed by atoms with van der Waals surface area (Å²) in [5.74, 6) is 0.214. The highest BCUT2D eigenvalue weighted by atomic mass is 16.3. The van der Waals surface area contributed by atoms with Crippen LogP contribution in [0.2, 0.25) is 0 Å². The van der Waals surface area contributed by atoms with Crippen LogP contribution < -0.4 is 0 Å². The minimum absolute atomic E-state index is 0.166. The Hall–Kier alpha value is -2.06. The van der Waals surface area contributed by atoms with Gasteiger partial charge in [-0.1, -0.05) is 39.0 Å². The maximum absolute atomic E-state index is 10.5. The molecule has 1 heterocycles. The van der Waals surface area contributed by atoms with Gasteiger partial charge in [-0.3, -0.25) is 0 Å². The molecule has 4 nitrogen and oxygen atoms in total. The van der Waals surface area contributed by atoms with Crippen LogP contribution in [-0.4, -0.2) is 21.8 Å². The molecule has 100 valence electrons. The van der Waals surface area contributed by atoms with Crippen molar-refractivity contribution in [3.8, 4) is 5.88 Å². The molecule has 19 heavy (non-hydrogen) atoms. The van der Waals surface area contributed by atoms with E-state index in [4.69, 9.17) is 0 Å². The largest absolute Gasteiger partial charge is 0.494 e. The second-order valence-electron chi connectivity index (χ2n) is 5.79. The van der Waals surface area contributed by atoms with E-state index in [2.05, 4.69) is 4.99 Å². The third kappa shape index (κ3) is 2.69. The van der Waals surface area contributed by atoms with E-state index in [1.807, 2.05) is 51.2 Å². The summed E-state index contributed by atoms with van der Waals surface area (Å²) in [6.45, 7) is 6.50. The van der Waals surface area contributed by atoms with Crippen molar-refractivity contribution in [2.45, 2.75) is 33.4 Å². The summed E-state index contributed by atoms with van der Waals surface area (Å²) in [5, 5.41) is 12.0. The first-order valence-electron chi connectivity index (χ1n) is 6.27. The van der Waals surface area contributed by atoms with Crippen LogP contribution >= 0.6 is 0 Å². The molecule has 0 saturated carbocycles. The van der Waals surface area contributed by atoms with Gasteiger partial charge in [0.15, 0.2) is 5.88 Å². The maximum Gasteiger partial charge on any atom is 0.235 e. The molecular weight excluding hydrogens is 240 g/mol. The third-order valence-electron chi connectivity index (χ3n) is 3.35. The fourth-order valence-corrected chi connectivity index (χ4v) is 2.09. The first kappa shape index (κ1) is 13.4. The predicted octanol–water partition coefficient (Wildman–Crippen LogP) is 3.10. The van der Waals surface area contributed by atoms with E-state index in [0.29, 0.717) is 6.54 Å². The lowest BCUT2D eigenvalue weighted by Gasteiger charge is -2.26. The predicted molar refractivity (Wildman–Crippen MR) is 75.0 cm³/mol. The smallest absolute Gasteiger partial charge is 0.235 e. The summed E-state index contributed by atoms with van der Waals surface area (Å²) in [7, 11) is 0. The molecule has 0 amide bonds. The Morgan fingerprint density at radius 3 is 2.63 bits per heavy atom. The highest BCUT2D eigenvalue weighted by Crippen LogP contribution is 2.30. The lowest BCUT2D eigenvalue weighted by atomic mass is 9.87. The number of nitrogens with zero attached hydrogens (tertiary/aromatic N) is 2. The molecule has 1 atom stereocenters. The SMILES string of the molecule is CC(C)(C)[C@@H](Cn1cc2ccccc2c1O)N=C=O. The summed E-state index contributed by atoms with van der Waals surface area (Å²) in [6, 6.07) is 7.41. The summed E-state index contributed by atoms with van der Waals surface area (Å²) in [6.07, 6.45) is 3.51. The lowest BCUT2D eigenvalue weighted by Crippen LogP contribution is -2.28. The molecule has 0 bridgehead atoms. The summed E-state index contributed by atoms with van der Waals surface area (Å²) >= 11 is 0. The number of aromatic hydroxyl groups is 1. The highest BCUT2D eigenvalue weighted by Gasteiger charge is 2.25. The Morgan fingerprint density at radius 1 is 1.37 bits per heavy atom. The highest BCUT2D eigenvalue weighted by molar-refractivity contribution is 5.87. The maximum atomic E-state index is 10.5. The van der Waals surface area contributed by atoms with Gasteiger partial charge < -0.3 is 9.67 Å². The molecule has 0 unspecified atom stereocenters. The number of hydrogen-bond donors (Lipinski definition) is 1. The number of isocyanates is 1. The Bertz CT molecular complexity index is 631. The fraction of sp³-hybridized carbons (Fsp3) is 0.400. The zero-order chi connectivity index (χ0) is 14.0. The number of rotatable bonds is 3. The summed E-state index contributed by atoms with van der Waals surface area (Å²) in [4.78, 5) is 14.4. The monoisotopic (exact) mass is 258 g/mol. The normalized spacial score (nSPS) is 13.2. The van der Waals surface area contributed by atoms with Crippen LogP contribution in [0.1, 0.15) is 20.8 Å². The molecule has 1 aromatic carbocycles. The molecular formula is C15H18N2O2. The van der Waals surface area contributed by atoms with Crippen molar-refractivity contribution in [2.24, 2.45) is 10.4 Å². The van der Waals surface area contributed by atoms with Crippen LogP contribution in [0.5, 0.6) is 5.88 Å². The van der Waals surface area contributed by atoms with Crippen LogP contribution in [0.3, 0.4) is 0 Å². The van der Waals surface area contributed by atoms with Gasteiger partial charge >= 0.3 is 0 Å². The van der Waals surface area contributed by atoms with Crippen LogP contribution in [-0.2, 0) is 11.3 Å². The molecule has 0 aliphatic carbocycles. The molecule has 0 fully saturated rings. The number of aromatic nitrogens is 1. The van der Waals surface area contributed by atoms with Crippen LogP contribution in [0.4, 0.5) is 0 Å². The molecule has 1 N–H and O–H groups in total. The molecule has 0 aliphatic heterocycles. The van der Waals surface area contributed by atoms with Gasteiger partial charge in [0.2, 0.25) is 6.08 Å². The van der Waals surface area contributed by atoms with E-state index in [1.165, 1.54) is 0 Å². The van der Waals surface area contributed by atoms with Crippen molar-refractivity contribution < 1.29 is 9.90 Å². The van der Waals surface area contributed by atoms with Crippen molar-refractivity contribution >= 4 is 16.9 Å². The van der Waals surface area contributed by atoms with Gasteiger partial charge in [-0.15, -0.1) is 0 Å². The second-order valence-corrected chi connectivity index (χ2v) is 5.79. The van der Waals surface area contributed by atoms with Gasteiger partial charge in [0.25, 0.3) is 0 Å². The molecule has 0 radical (unpaired) electrons. The van der Waals surface area contributed by atoms with E-state index in [-0.39, 0.29) is 17.3 Å². The zero-order valence-electron chi connectivity index (χ0n) is 11.4.